The molecule has 1 fully saturated rings. The Morgan fingerprint density at radius 2 is 1.96 bits per heavy atom. The number of amides is 1. The van der Waals surface area contributed by atoms with Crippen LogP contribution in [0.4, 0.5) is 8.78 Å². The molecule has 0 saturated carbocycles. The van der Waals surface area contributed by atoms with Gasteiger partial charge < -0.3 is 5.32 Å². The quantitative estimate of drug-likeness (QED) is 0.756. The highest BCUT2D eigenvalue weighted by molar-refractivity contribution is 6.30. The molecular weight excluding hydrogens is 390 g/mol. The van der Waals surface area contributed by atoms with E-state index in [-0.39, 0.29) is 18.5 Å². The van der Waals surface area contributed by atoms with Crippen LogP contribution >= 0.6 is 11.6 Å². The first-order chi connectivity index (χ1) is 13.5. The van der Waals surface area contributed by atoms with Crippen molar-refractivity contribution in [3.8, 4) is 11.4 Å². The van der Waals surface area contributed by atoms with Crippen LogP contribution in [-0.4, -0.2) is 63.1 Å². The van der Waals surface area contributed by atoms with Gasteiger partial charge in [-0.05, 0) is 48.7 Å². The number of hydrogen-bond acceptors (Lipinski definition) is 5. The Morgan fingerprint density at radius 1 is 1.29 bits per heavy atom. The Kier molecular flexibility index (Phi) is 6.90. The van der Waals surface area contributed by atoms with Crippen molar-refractivity contribution in [2.24, 2.45) is 0 Å². The maximum atomic E-state index is 12.7. The molecule has 152 valence electrons. The molecule has 1 aliphatic rings. The van der Waals surface area contributed by atoms with Gasteiger partial charge in [0.05, 0.1) is 6.54 Å². The van der Waals surface area contributed by atoms with E-state index in [0.29, 0.717) is 43.2 Å². The lowest BCUT2D eigenvalue weighted by Crippen LogP contribution is -2.47. The van der Waals surface area contributed by atoms with Crippen molar-refractivity contribution < 1.29 is 13.6 Å². The Morgan fingerprint density at radius 3 is 2.57 bits per heavy atom. The number of benzene rings is 1. The van der Waals surface area contributed by atoms with Gasteiger partial charge in [0.15, 0.2) is 6.04 Å². The average Bonchev–Trinajstić information content (AvgIpc) is 3.14. The van der Waals surface area contributed by atoms with Crippen molar-refractivity contribution in [1.82, 2.24) is 30.4 Å². The zero-order chi connectivity index (χ0) is 20.1. The van der Waals surface area contributed by atoms with Gasteiger partial charge in [0.25, 0.3) is 6.43 Å². The standard InChI is InChI=1S/C18H23ClF2N6O/c1-2-15(18(28)22-14-7-9-26(10-8-14)11-16(20)21)27-24-17(23-25-27)12-3-5-13(19)6-4-12/h3-6,14-16H,2,7-11H2,1H3,(H,22,28). The molecule has 0 bridgehead atoms. The number of aromatic nitrogens is 4. The van der Waals surface area contributed by atoms with Gasteiger partial charge in [0.2, 0.25) is 11.7 Å². The van der Waals surface area contributed by atoms with E-state index in [0.717, 1.165) is 5.56 Å². The number of tetrazole rings is 1. The zero-order valence-corrected chi connectivity index (χ0v) is 16.3. The van der Waals surface area contributed by atoms with Crippen molar-refractivity contribution in [2.45, 2.75) is 44.7 Å². The van der Waals surface area contributed by atoms with Crippen molar-refractivity contribution in [2.75, 3.05) is 19.6 Å². The number of likely N-dealkylation sites (tertiary alicyclic amines) is 1. The molecule has 1 aromatic heterocycles. The summed E-state index contributed by atoms with van der Waals surface area (Å²) in [7, 11) is 0. The van der Waals surface area contributed by atoms with Gasteiger partial charge in [-0.25, -0.2) is 8.78 Å². The van der Waals surface area contributed by atoms with E-state index >= 15 is 0 Å². The van der Waals surface area contributed by atoms with Crippen LogP contribution in [0.15, 0.2) is 24.3 Å². The van der Waals surface area contributed by atoms with E-state index in [1.165, 1.54) is 4.80 Å². The predicted octanol–water partition coefficient (Wildman–Crippen LogP) is 2.79. The van der Waals surface area contributed by atoms with Crippen LogP contribution in [-0.2, 0) is 4.79 Å². The summed E-state index contributed by atoms with van der Waals surface area (Å²) < 4.78 is 24.9. The van der Waals surface area contributed by atoms with Crippen LogP contribution in [0.2, 0.25) is 5.02 Å². The molecule has 28 heavy (non-hydrogen) atoms. The predicted molar refractivity (Wildman–Crippen MR) is 101 cm³/mol. The summed E-state index contributed by atoms with van der Waals surface area (Å²) in [4.78, 5) is 15.8. The minimum atomic E-state index is -2.33. The molecule has 1 amide bonds. The summed E-state index contributed by atoms with van der Waals surface area (Å²) in [5.41, 5.74) is 0.761. The second-order valence-electron chi connectivity index (χ2n) is 6.84. The number of nitrogens with zero attached hydrogens (tertiary/aromatic N) is 5. The lowest BCUT2D eigenvalue weighted by molar-refractivity contribution is -0.126. The average molecular weight is 413 g/mol. The third-order valence-corrected chi connectivity index (χ3v) is 5.08. The summed E-state index contributed by atoms with van der Waals surface area (Å²) in [6, 6.07) is 6.45. The van der Waals surface area contributed by atoms with Gasteiger partial charge in [-0.3, -0.25) is 9.69 Å². The van der Waals surface area contributed by atoms with E-state index in [9.17, 15) is 13.6 Å². The molecule has 0 aliphatic carbocycles. The summed E-state index contributed by atoms with van der Waals surface area (Å²) in [6.45, 7) is 2.76. The summed E-state index contributed by atoms with van der Waals surface area (Å²) >= 11 is 5.89. The molecule has 0 radical (unpaired) electrons. The third-order valence-electron chi connectivity index (χ3n) is 4.83. The fourth-order valence-corrected chi connectivity index (χ4v) is 3.40. The number of piperidine rings is 1. The molecule has 1 unspecified atom stereocenters. The second-order valence-corrected chi connectivity index (χ2v) is 7.28. The van der Waals surface area contributed by atoms with Gasteiger partial charge in [0.1, 0.15) is 0 Å². The molecule has 0 spiro atoms. The Bertz CT molecular complexity index is 777. The van der Waals surface area contributed by atoms with E-state index in [1.54, 1.807) is 29.2 Å². The number of carbonyl (C=O) groups excluding carboxylic acids is 1. The molecular formula is C18H23ClF2N6O. The molecule has 2 aromatic rings. The molecule has 1 aliphatic heterocycles. The topological polar surface area (TPSA) is 75.9 Å². The van der Waals surface area contributed by atoms with Crippen LogP contribution in [0, 0.1) is 0 Å². The molecule has 3 rings (SSSR count). The zero-order valence-electron chi connectivity index (χ0n) is 15.6. The first kappa shape index (κ1) is 20.6. The number of nitrogens with one attached hydrogen (secondary N) is 1. The Hall–Kier alpha value is -2.13. The minimum Gasteiger partial charge on any atom is -0.351 e. The molecule has 7 nitrogen and oxygen atoms in total. The number of alkyl halides is 2. The van der Waals surface area contributed by atoms with Gasteiger partial charge in [-0.1, -0.05) is 18.5 Å². The largest absolute Gasteiger partial charge is 0.351 e. The van der Waals surface area contributed by atoms with E-state index in [2.05, 4.69) is 20.7 Å². The van der Waals surface area contributed by atoms with Gasteiger partial charge in [-0.2, -0.15) is 4.80 Å². The maximum Gasteiger partial charge on any atom is 0.251 e. The van der Waals surface area contributed by atoms with Gasteiger partial charge in [0, 0.05) is 29.7 Å². The maximum absolute atomic E-state index is 12.7. The summed E-state index contributed by atoms with van der Waals surface area (Å²) in [5, 5.41) is 16.0. The van der Waals surface area contributed by atoms with Crippen molar-refractivity contribution in [3.63, 3.8) is 0 Å². The first-order valence-electron chi connectivity index (χ1n) is 9.32. The van der Waals surface area contributed by atoms with E-state index in [4.69, 9.17) is 11.6 Å². The van der Waals surface area contributed by atoms with E-state index in [1.807, 2.05) is 6.92 Å². The molecule has 1 saturated heterocycles. The molecule has 10 heteroatoms. The summed E-state index contributed by atoms with van der Waals surface area (Å²) in [6.07, 6.45) is -0.526. The third kappa shape index (κ3) is 5.23. The minimum absolute atomic E-state index is 0.0327. The highest BCUT2D eigenvalue weighted by Crippen LogP contribution is 2.19. The van der Waals surface area contributed by atoms with Gasteiger partial charge in [-0.15, -0.1) is 10.2 Å². The van der Waals surface area contributed by atoms with Crippen LogP contribution in [0.25, 0.3) is 11.4 Å². The molecule has 1 atom stereocenters. The monoisotopic (exact) mass is 412 g/mol. The second kappa shape index (κ2) is 9.38. The van der Waals surface area contributed by atoms with E-state index < -0.39 is 12.5 Å². The lowest BCUT2D eigenvalue weighted by Gasteiger charge is -2.32. The SMILES string of the molecule is CCC(C(=O)NC1CCN(CC(F)F)CC1)n1nnc(-c2ccc(Cl)cc2)n1. The number of halogens is 3. The fourth-order valence-electron chi connectivity index (χ4n) is 3.28. The van der Waals surface area contributed by atoms with Crippen LogP contribution in [0.5, 0.6) is 0 Å². The molecule has 1 N–H and O–H groups in total. The fraction of sp³-hybridized carbons (Fsp3) is 0.556. The normalized spacial score (nSPS) is 17.0. The summed E-state index contributed by atoms with van der Waals surface area (Å²) in [5.74, 6) is 0.234. The van der Waals surface area contributed by atoms with Crippen LogP contribution < -0.4 is 5.32 Å². The Labute approximate surface area is 167 Å². The number of carbonyl (C=O) groups is 1. The lowest BCUT2D eigenvalue weighted by atomic mass is 10.0. The highest BCUT2D eigenvalue weighted by Gasteiger charge is 2.27. The van der Waals surface area contributed by atoms with Crippen molar-refractivity contribution >= 4 is 17.5 Å². The Balaban J connectivity index is 1.59. The molecule has 1 aromatic carbocycles. The van der Waals surface area contributed by atoms with Gasteiger partial charge >= 0.3 is 0 Å². The highest BCUT2D eigenvalue weighted by atomic mass is 35.5. The van der Waals surface area contributed by atoms with Crippen LogP contribution in [0.1, 0.15) is 32.2 Å². The first-order valence-corrected chi connectivity index (χ1v) is 9.70. The number of hydrogen-bond donors (Lipinski definition) is 1. The smallest absolute Gasteiger partial charge is 0.251 e. The van der Waals surface area contributed by atoms with Crippen molar-refractivity contribution in [1.29, 1.82) is 0 Å². The molecule has 2 heterocycles. The van der Waals surface area contributed by atoms with Crippen molar-refractivity contribution in [3.05, 3.63) is 29.3 Å². The number of rotatable bonds is 7. The van der Waals surface area contributed by atoms with Crippen LogP contribution in [0.3, 0.4) is 0 Å².